The van der Waals surface area contributed by atoms with Crippen LogP contribution in [0.25, 0.3) is 5.52 Å². The molecule has 2 aromatic heterocycles. The molecule has 1 fully saturated rings. The van der Waals surface area contributed by atoms with Gasteiger partial charge in [-0.05, 0) is 32.6 Å². The molecule has 3 rings (SSSR count). The predicted octanol–water partition coefficient (Wildman–Crippen LogP) is 0.471. The van der Waals surface area contributed by atoms with Gasteiger partial charge in [0.1, 0.15) is 0 Å². The Morgan fingerprint density at radius 2 is 2.29 bits per heavy atom. The maximum atomic E-state index is 12.8. The van der Waals surface area contributed by atoms with Crippen LogP contribution < -0.4 is 0 Å². The number of carbonyl (C=O) groups excluding carboxylic acids is 1. The van der Waals surface area contributed by atoms with Gasteiger partial charge >= 0.3 is 0 Å². The zero-order valence-electron chi connectivity index (χ0n) is 12.3. The summed E-state index contributed by atoms with van der Waals surface area (Å²) in [5, 5.41) is 14.1. The second-order valence-corrected chi connectivity index (χ2v) is 5.85. The van der Waals surface area contributed by atoms with Crippen molar-refractivity contribution < 1.29 is 9.90 Å². The highest BCUT2D eigenvalue weighted by molar-refractivity contribution is 6.00. The van der Waals surface area contributed by atoms with Gasteiger partial charge in [-0.25, -0.2) is 4.52 Å². The molecule has 3 heterocycles. The fourth-order valence-corrected chi connectivity index (χ4v) is 2.99. The van der Waals surface area contributed by atoms with E-state index in [9.17, 15) is 9.90 Å². The Balaban J connectivity index is 1.90. The van der Waals surface area contributed by atoms with E-state index in [0.717, 1.165) is 12.1 Å². The Labute approximate surface area is 123 Å². The van der Waals surface area contributed by atoms with Crippen molar-refractivity contribution >= 4 is 11.4 Å². The molecule has 6 heteroatoms. The SMILES string of the molecule is CN(C)CC1CC(O)CN1C(=O)c1cnn2ccccc12. The number of hydrogen-bond acceptors (Lipinski definition) is 4. The second kappa shape index (κ2) is 5.46. The van der Waals surface area contributed by atoms with Gasteiger partial charge in [-0.15, -0.1) is 0 Å². The maximum absolute atomic E-state index is 12.8. The van der Waals surface area contributed by atoms with Crippen molar-refractivity contribution in [1.82, 2.24) is 19.4 Å². The van der Waals surface area contributed by atoms with E-state index in [2.05, 4.69) is 5.10 Å². The molecule has 6 nitrogen and oxygen atoms in total. The van der Waals surface area contributed by atoms with E-state index < -0.39 is 6.10 Å². The Morgan fingerprint density at radius 1 is 1.48 bits per heavy atom. The van der Waals surface area contributed by atoms with Crippen molar-refractivity contribution in [3.05, 3.63) is 36.2 Å². The first-order valence-electron chi connectivity index (χ1n) is 7.12. The van der Waals surface area contributed by atoms with Crippen LogP contribution in [0.15, 0.2) is 30.6 Å². The van der Waals surface area contributed by atoms with Crippen LogP contribution in [0.3, 0.4) is 0 Å². The number of aromatic nitrogens is 2. The molecule has 0 radical (unpaired) electrons. The number of β-amino-alcohol motifs (C(OH)–C–C–N with tert-alkyl or cyclic N) is 1. The number of fused-ring (bicyclic) bond motifs is 1. The summed E-state index contributed by atoms with van der Waals surface area (Å²) in [7, 11) is 3.95. The minimum Gasteiger partial charge on any atom is -0.391 e. The molecule has 2 unspecified atom stereocenters. The van der Waals surface area contributed by atoms with E-state index in [0.29, 0.717) is 18.5 Å². The lowest BCUT2D eigenvalue weighted by Crippen LogP contribution is -2.41. The summed E-state index contributed by atoms with van der Waals surface area (Å²) >= 11 is 0. The van der Waals surface area contributed by atoms with Crippen LogP contribution in [0.4, 0.5) is 0 Å². The highest BCUT2D eigenvalue weighted by Gasteiger charge is 2.35. The summed E-state index contributed by atoms with van der Waals surface area (Å²) in [6, 6.07) is 5.70. The molecule has 1 aliphatic rings. The van der Waals surface area contributed by atoms with Crippen molar-refractivity contribution in [2.45, 2.75) is 18.6 Å². The van der Waals surface area contributed by atoms with Crippen LogP contribution >= 0.6 is 0 Å². The number of nitrogens with zero attached hydrogens (tertiary/aromatic N) is 4. The van der Waals surface area contributed by atoms with Crippen molar-refractivity contribution in [1.29, 1.82) is 0 Å². The van der Waals surface area contributed by atoms with Gasteiger partial charge in [0.05, 0.1) is 23.4 Å². The molecule has 1 saturated heterocycles. The number of likely N-dealkylation sites (tertiary alicyclic amines) is 1. The number of carbonyl (C=O) groups is 1. The number of hydrogen-bond donors (Lipinski definition) is 1. The summed E-state index contributed by atoms with van der Waals surface area (Å²) in [5.41, 5.74) is 1.39. The molecule has 2 aromatic rings. The standard InChI is InChI=1S/C15H20N4O2/c1-17(2)9-11-7-12(20)10-18(11)15(21)13-8-16-19-6-4-3-5-14(13)19/h3-6,8,11-12,20H,7,9-10H2,1-2H3. The highest BCUT2D eigenvalue weighted by atomic mass is 16.3. The number of likely N-dealkylation sites (N-methyl/N-ethyl adjacent to an activating group) is 1. The summed E-state index contributed by atoms with van der Waals surface area (Å²) < 4.78 is 1.70. The second-order valence-electron chi connectivity index (χ2n) is 5.85. The third kappa shape index (κ3) is 2.64. The Kier molecular flexibility index (Phi) is 3.65. The fraction of sp³-hybridized carbons (Fsp3) is 0.467. The third-order valence-corrected chi connectivity index (χ3v) is 3.89. The van der Waals surface area contributed by atoms with Gasteiger partial charge in [-0.1, -0.05) is 6.07 Å². The van der Waals surface area contributed by atoms with Gasteiger partial charge in [0.15, 0.2) is 0 Å². The first-order valence-corrected chi connectivity index (χ1v) is 7.12. The molecule has 112 valence electrons. The average molecular weight is 288 g/mol. The van der Waals surface area contributed by atoms with Crippen molar-refractivity contribution in [2.24, 2.45) is 0 Å². The minimum absolute atomic E-state index is 0.0427. The van der Waals surface area contributed by atoms with E-state index >= 15 is 0 Å². The quantitative estimate of drug-likeness (QED) is 0.892. The molecule has 1 aliphatic heterocycles. The minimum atomic E-state index is -0.444. The average Bonchev–Trinajstić information content (AvgIpc) is 3.01. The zero-order chi connectivity index (χ0) is 15.0. The van der Waals surface area contributed by atoms with Crippen LogP contribution in [0.2, 0.25) is 0 Å². The molecule has 0 aromatic carbocycles. The summed E-state index contributed by atoms with van der Waals surface area (Å²) in [6.07, 6.45) is 3.61. The largest absolute Gasteiger partial charge is 0.391 e. The number of amides is 1. The van der Waals surface area contributed by atoms with E-state index in [1.807, 2.05) is 43.4 Å². The highest BCUT2D eigenvalue weighted by Crippen LogP contribution is 2.22. The smallest absolute Gasteiger partial charge is 0.258 e. The van der Waals surface area contributed by atoms with Crippen LogP contribution in [0.5, 0.6) is 0 Å². The maximum Gasteiger partial charge on any atom is 0.258 e. The van der Waals surface area contributed by atoms with Crippen LogP contribution in [0, 0.1) is 0 Å². The molecule has 2 atom stereocenters. The Morgan fingerprint density at radius 3 is 3.05 bits per heavy atom. The lowest BCUT2D eigenvalue weighted by atomic mass is 10.1. The van der Waals surface area contributed by atoms with Gasteiger partial charge in [0, 0.05) is 25.3 Å². The Hall–Kier alpha value is -1.92. The van der Waals surface area contributed by atoms with Crippen molar-refractivity contribution in [2.75, 3.05) is 27.2 Å². The van der Waals surface area contributed by atoms with Crippen LogP contribution in [-0.2, 0) is 0 Å². The van der Waals surface area contributed by atoms with Gasteiger partial charge in [-0.2, -0.15) is 5.10 Å². The molecule has 1 amide bonds. The number of aliphatic hydroxyl groups is 1. The van der Waals surface area contributed by atoms with Crippen molar-refractivity contribution in [3.63, 3.8) is 0 Å². The molecule has 0 aliphatic carbocycles. The monoisotopic (exact) mass is 288 g/mol. The fourth-order valence-electron chi connectivity index (χ4n) is 2.99. The molecule has 0 bridgehead atoms. The Bertz CT molecular complexity index is 652. The number of pyridine rings is 1. The van der Waals surface area contributed by atoms with E-state index in [4.69, 9.17) is 0 Å². The zero-order valence-corrected chi connectivity index (χ0v) is 12.3. The van der Waals surface area contributed by atoms with Gasteiger partial charge in [0.2, 0.25) is 0 Å². The van der Waals surface area contributed by atoms with E-state index in [1.165, 1.54) is 0 Å². The topological polar surface area (TPSA) is 61.1 Å². The molecule has 0 saturated carbocycles. The predicted molar refractivity (Wildman–Crippen MR) is 79.2 cm³/mol. The molecular formula is C15H20N4O2. The summed E-state index contributed by atoms with van der Waals surface area (Å²) in [5.74, 6) is -0.0559. The van der Waals surface area contributed by atoms with E-state index in [1.54, 1.807) is 15.6 Å². The molecule has 21 heavy (non-hydrogen) atoms. The van der Waals surface area contributed by atoms with Gasteiger partial charge in [0.25, 0.3) is 5.91 Å². The lowest BCUT2D eigenvalue weighted by Gasteiger charge is -2.26. The molecule has 0 spiro atoms. The number of aliphatic hydroxyl groups excluding tert-OH is 1. The van der Waals surface area contributed by atoms with Crippen molar-refractivity contribution in [3.8, 4) is 0 Å². The number of rotatable bonds is 3. The molecule has 1 N–H and O–H groups in total. The van der Waals surface area contributed by atoms with E-state index in [-0.39, 0.29) is 11.9 Å². The van der Waals surface area contributed by atoms with Crippen LogP contribution in [0.1, 0.15) is 16.8 Å². The normalized spacial score (nSPS) is 22.4. The first-order chi connectivity index (χ1) is 10.1. The lowest BCUT2D eigenvalue weighted by molar-refractivity contribution is 0.0701. The first kappa shape index (κ1) is 14.0. The van der Waals surface area contributed by atoms with Gasteiger partial charge in [-0.3, -0.25) is 4.79 Å². The van der Waals surface area contributed by atoms with Gasteiger partial charge < -0.3 is 14.9 Å². The molecular weight excluding hydrogens is 268 g/mol. The summed E-state index contributed by atoms with van der Waals surface area (Å²) in [4.78, 5) is 16.6. The van der Waals surface area contributed by atoms with Crippen LogP contribution in [-0.4, -0.2) is 69.8 Å². The third-order valence-electron chi connectivity index (χ3n) is 3.89. The summed E-state index contributed by atoms with van der Waals surface area (Å²) in [6.45, 7) is 1.14.